The number of carbonyl (C=O) groups is 1. The van der Waals surface area contributed by atoms with Crippen LogP contribution in [0.25, 0.3) is 5.57 Å². The SMILES string of the molecule is CC(C)CC(C(=O)O)C1(C)C=CC(OCC2CC2)=C(c2ccccc2)C1. The largest absolute Gasteiger partial charge is 0.493 e. The van der Waals surface area contributed by atoms with Crippen LogP contribution in [0.15, 0.2) is 48.2 Å². The summed E-state index contributed by atoms with van der Waals surface area (Å²) in [5, 5.41) is 9.87. The highest BCUT2D eigenvalue weighted by Crippen LogP contribution is 2.46. The fraction of sp³-hybridized carbons (Fsp3) is 0.522. The fourth-order valence-corrected chi connectivity index (χ4v) is 3.77. The first-order valence-electron chi connectivity index (χ1n) is 9.72. The van der Waals surface area contributed by atoms with Gasteiger partial charge >= 0.3 is 5.97 Å². The summed E-state index contributed by atoms with van der Waals surface area (Å²) >= 11 is 0. The Labute approximate surface area is 156 Å². The van der Waals surface area contributed by atoms with Crippen LogP contribution in [0, 0.1) is 23.2 Å². The van der Waals surface area contributed by atoms with Gasteiger partial charge in [0.2, 0.25) is 0 Å². The summed E-state index contributed by atoms with van der Waals surface area (Å²) in [4.78, 5) is 12.0. The van der Waals surface area contributed by atoms with Crippen LogP contribution in [0.2, 0.25) is 0 Å². The average Bonchev–Trinajstić information content (AvgIpc) is 3.43. The maximum atomic E-state index is 12.0. The van der Waals surface area contributed by atoms with Crippen LogP contribution >= 0.6 is 0 Å². The van der Waals surface area contributed by atoms with Crippen LogP contribution in [0.1, 0.15) is 52.0 Å². The molecule has 1 aromatic rings. The van der Waals surface area contributed by atoms with Crippen molar-refractivity contribution >= 4 is 11.5 Å². The zero-order chi connectivity index (χ0) is 18.7. The zero-order valence-corrected chi connectivity index (χ0v) is 16.1. The maximum absolute atomic E-state index is 12.0. The molecule has 140 valence electrons. The Morgan fingerprint density at radius 1 is 1.27 bits per heavy atom. The van der Waals surface area contributed by atoms with Crippen LogP contribution in [0.4, 0.5) is 0 Å². The summed E-state index contributed by atoms with van der Waals surface area (Å²) < 4.78 is 6.13. The van der Waals surface area contributed by atoms with Gasteiger partial charge < -0.3 is 9.84 Å². The number of benzene rings is 1. The van der Waals surface area contributed by atoms with Gasteiger partial charge in [-0.2, -0.15) is 0 Å². The van der Waals surface area contributed by atoms with Crippen molar-refractivity contribution in [1.82, 2.24) is 0 Å². The maximum Gasteiger partial charge on any atom is 0.307 e. The Kier molecular flexibility index (Phi) is 5.55. The van der Waals surface area contributed by atoms with Crippen molar-refractivity contribution < 1.29 is 14.6 Å². The summed E-state index contributed by atoms with van der Waals surface area (Å²) in [7, 11) is 0. The van der Waals surface area contributed by atoms with Gasteiger partial charge in [-0.15, -0.1) is 0 Å². The van der Waals surface area contributed by atoms with E-state index in [9.17, 15) is 9.90 Å². The van der Waals surface area contributed by atoms with Crippen molar-refractivity contribution in [1.29, 1.82) is 0 Å². The second kappa shape index (κ2) is 7.69. The van der Waals surface area contributed by atoms with Crippen LogP contribution in [0.3, 0.4) is 0 Å². The molecule has 1 N–H and O–H groups in total. The minimum atomic E-state index is -0.708. The van der Waals surface area contributed by atoms with Crippen LogP contribution in [-0.2, 0) is 9.53 Å². The molecule has 1 aromatic carbocycles. The molecule has 0 spiro atoms. The van der Waals surface area contributed by atoms with Gasteiger partial charge in [-0.25, -0.2) is 0 Å². The van der Waals surface area contributed by atoms with Gasteiger partial charge in [0, 0.05) is 11.0 Å². The minimum absolute atomic E-state index is 0.345. The lowest BCUT2D eigenvalue weighted by Gasteiger charge is -2.37. The van der Waals surface area contributed by atoms with E-state index in [1.54, 1.807) is 0 Å². The molecule has 3 heteroatoms. The standard InChI is InChI=1S/C23H30O3/c1-16(2)13-20(22(24)25)23(3)12-11-21(26-15-17-9-10-17)19(14-23)18-7-5-4-6-8-18/h4-8,11-12,16-17,20H,9-10,13-15H2,1-3H3,(H,24,25). The Bertz CT molecular complexity index is 697. The van der Waals surface area contributed by atoms with E-state index in [4.69, 9.17) is 4.74 Å². The topological polar surface area (TPSA) is 46.5 Å². The van der Waals surface area contributed by atoms with Crippen molar-refractivity contribution in [3.63, 3.8) is 0 Å². The zero-order valence-electron chi connectivity index (χ0n) is 16.1. The second-order valence-corrected chi connectivity index (χ2v) is 8.50. The van der Waals surface area contributed by atoms with Crippen molar-refractivity contribution in [2.45, 2.75) is 46.5 Å². The molecule has 0 amide bonds. The number of aliphatic carboxylic acids is 1. The second-order valence-electron chi connectivity index (χ2n) is 8.50. The van der Waals surface area contributed by atoms with Crippen LogP contribution in [0.5, 0.6) is 0 Å². The van der Waals surface area contributed by atoms with Gasteiger partial charge in [-0.05, 0) is 49.2 Å². The van der Waals surface area contributed by atoms with Crippen molar-refractivity contribution in [3.05, 3.63) is 53.8 Å². The molecular formula is C23H30O3. The molecule has 26 heavy (non-hydrogen) atoms. The lowest BCUT2D eigenvalue weighted by atomic mass is 9.67. The quantitative estimate of drug-likeness (QED) is 0.667. The lowest BCUT2D eigenvalue weighted by Crippen LogP contribution is -2.34. The molecular weight excluding hydrogens is 324 g/mol. The van der Waals surface area contributed by atoms with Gasteiger partial charge in [0.05, 0.1) is 12.5 Å². The third-order valence-electron chi connectivity index (χ3n) is 5.57. The van der Waals surface area contributed by atoms with Gasteiger partial charge in [-0.1, -0.05) is 57.2 Å². The Balaban J connectivity index is 1.91. The first-order valence-corrected chi connectivity index (χ1v) is 9.72. The molecule has 0 aromatic heterocycles. The van der Waals surface area contributed by atoms with Crippen molar-refractivity contribution in [2.24, 2.45) is 23.2 Å². The van der Waals surface area contributed by atoms with Crippen molar-refractivity contribution in [3.8, 4) is 0 Å². The van der Waals surface area contributed by atoms with Crippen LogP contribution < -0.4 is 0 Å². The molecule has 0 radical (unpaired) electrons. The first-order chi connectivity index (χ1) is 12.4. The molecule has 2 aliphatic rings. The molecule has 0 saturated heterocycles. The van der Waals surface area contributed by atoms with E-state index in [0.29, 0.717) is 24.7 Å². The summed E-state index contributed by atoms with van der Waals surface area (Å²) in [6.45, 7) is 7.01. The van der Waals surface area contributed by atoms with Gasteiger partial charge in [0.25, 0.3) is 0 Å². The molecule has 2 atom stereocenters. The predicted molar refractivity (Wildman–Crippen MR) is 104 cm³/mol. The number of carboxylic acid groups (broad SMARTS) is 1. The lowest BCUT2D eigenvalue weighted by molar-refractivity contribution is -0.145. The molecule has 0 heterocycles. The van der Waals surface area contributed by atoms with E-state index < -0.39 is 17.3 Å². The number of ether oxygens (including phenoxy) is 1. The number of hydrogen-bond acceptors (Lipinski definition) is 2. The highest BCUT2D eigenvalue weighted by molar-refractivity contribution is 5.76. The summed E-state index contributed by atoms with van der Waals surface area (Å²) in [6, 6.07) is 10.2. The molecule has 1 saturated carbocycles. The number of hydrogen-bond donors (Lipinski definition) is 1. The molecule has 0 aliphatic heterocycles. The highest BCUT2D eigenvalue weighted by Gasteiger charge is 2.40. The van der Waals surface area contributed by atoms with E-state index in [-0.39, 0.29) is 0 Å². The molecule has 2 unspecified atom stereocenters. The monoisotopic (exact) mass is 354 g/mol. The van der Waals surface area contributed by atoms with E-state index >= 15 is 0 Å². The van der Waals surface area contributed by atoms with Gasteiger partial charge in [-0.3, -0.25) is 4.79 Å². The normalized spacial score (nSPS) is 24.0. The third kappa shape index (κ3) is 4.38. The van der Waals surface area contributed by atoms with Crippen LogP contribution in [-0.4, -0.2) is 17.7 Å². The third-order valence-corrected chi connectivity index (χ3v) is 5.57. The van der Waals surface area contributed by atoms with E-state index in [1.165, 1.54) is 12.8 Å². The van der Waals surface area contributed by atoms with E-state index in [1.807, 2.05) is 24.3 Å². The Morgan fingerprint density at radius 3 is 2.54 bits per heavy atom. The first kappa shape index (κ1) is 18.8. The summed E-state index contributed by atoms with van der Waals surface area (Å²) in [5.41, 5.74) is 1.85. The molecule has 0 bridgehead atoms. The average molecular weight is 354 g/mol. The summed E-state index contributed by atoms with van der Waals surface area (Å²) in [6.07, 6.45) is 7.97. The number of rotatable bonds is 8. The van der Waals surface area contributed by atoms with Gasteiger partial charge in [0.15, 0.2) is 0 Å². The Hall–Kier alpha value is -2.03. The van der Waals surface area contributed by atoms with Crippen molar-refractivity contribution in [2.75, 3.05) is 6.61 Å². The van der Waals surface area contributed by atoms with E-state index in [2.05, 4.69) is 39.0 Å². The fourth-order valence-electron chi connectivity index (χ4n) is 3.77. The van der Waals surface area contributed by atoms with Gasteiger partial charge in [0.1, 0.15) is 5.76 Å². The minimum Gasteiger partial charge on any atom is -0.493 e. The summed E-state index contributed by atoms with van der Waals surface area (Å²) in [5.74, 6) is 0.837. The highest BCUT2D eigenvalue weighted by atomic mass is 16.5. The Morgan fingerprint density at radius 2 is 1.96 bits per heavy atom. The molecule has 1 fully saturated rings. The molecule has 3 rings (SSSR count). The molecule has 2 aliphatic carbocycles. The number of allylic oxidation sites excluding steroid dienone is 3. The van der Waals surface area contributed by atoms with E-state index in [0.717, 1.165) is 23.5 Å². The number of carboxylic acids is 1. The smallest absolute Gasteiger partial charge is 0.307 e. The molecule has 3 nitrogen and oxygen atoms in total. The predicted octanol–water partition coefficient (Wildman–Crippen LogP) is 5.54.